The summed E-state index contributed by atoms with van der Waals surface area (Å²) in [6.07, 6.45) is 1.78. The fourth-order valence-corrected chi connectivity index (χ4v) is 2.14. The molecule has 20 heavy (non-hydrogen) atoms. The first-order chi connectivity index (χ1) is 9.78. The molecule has 0 aliphatic carbocycles. The number of aryl methyl sites for hydroxylation is 1. The van der Waals surface area contributed by atoms with Crippen LogP contribution in [0.4, 0.5) is 5.69 Å². The van der Waals surface area contributed by atoms with E-state index in [0.29, 0.717) is 0 Å². The van der Waals surface area contributed by atoms with E-state index in [4.69, 9.17) is 0 Å². The average molecular weight is 264 g/mol. The Labute approximate surface area is 117 Å². The topological polar surface area (TPSA) is 53.6 Å². The maximum Gasteiger partial charge on any atom is 0.138 e. The van der Waals surface area contributed by atoms with Crippen LogP contribution in [-0.2, 0) is 0 Å². The maximum atomic E-state index is 4.67. The van der Waals surface area contributed by atoms with Crippen LogP contribution in [0.3, 0.4) is 0 Å². The molecule has 0 spiro atoms. The van der Waals surface area contributed by atoms with Crippen LogP contribution >= 0.6 is 0 Å². The number of H-pyrrole nitrogens is 1. The zero-order valence-corrected chi connectivity index (χ0v) is 11.5. The van der Waals surface area contributed by atoms with Gasteiger partial charge in [0.05, 0.1) is 5.69 Å². The summed E-state index contributed by atoms with van der Waals surface area (Å²) in [5, 5.41) is 3.11. The Bertz CT molecular complexity index is 699. The first-order valence-corrected chi connectivity index (χ1v) is 6.54. The molecule has 0 saturated carbocycles. The summed E-state index contributed by atoms with van der Waals surface area (Å²) in [7, 11) is 1.91. The molecule has 2 N–H and O–H groups in total. The quantitative estimate of drug-likeness (QED) is 0.761. The van der Waals surface area contributed by atoms with E-state index in [1.54, 1.807) is 6.20 Å². The second-order valence-electron chi connectivity index (χ2n) is 4.60. The molecule has 1 aromatic carbocycles. The molecule has 2 heterocycles. The van der Waals surface area contributed by atoms with Crippen LogP contribution in [0.25, 0.3) is 22.8 Å². The molecular formula is C16H16N4. The monoisotopic (exact) mass is 264 g/mol. The number of rotatable bonds is 3. The summed E-state index contributed by atoms with van der Waals surface area (Å²) in [5.74, 6) is 0.866. The van der Waals surface area contributed by atoms with Crippen molar-refractivity contribution >= 4 is 5.69 Å². The van der Waals surface area contributed by atoms with Crippen molar-refractivity contribution in [1.82, 2.24) is 15.0 Å². The average Bonchev–Trinajstić information content (AvgIpc) is 2.90. The highest BCUT2D eigenvalue weighted by Gasteiger charge is 2.10. The van der Waals surface area contributed by atoms with Gasteiger partial charge >= 0.3 is 0 Å². The van der Waals surface area contributed by atoms with Crippen molar-refractivity contribution in [3.8, 4) is 22.8 Å². The Morgan fingerprint density at radius 2 is 1.85 bits per heavy atom. The van der Waals surface area contributed by atoms with Gasteiger partial charge in [-0.05, 0) is 43.3 Å². The molecule has 2 aromatic heterocycles. The van der Waals surface area contributed by atoms with Gasteiger partial charge in [-0.2, -0.15) is 0 Å². The lowest BCUT2D eigenvalue weighted by molar-refractivity contribution is 1.25. The van der Waals surface area contributed by atoms with Gasteiger partial charge in [-0.1, -0.05) is 6.07 Å². The molecule has 0 radical (unpaired) electrons. The number of hydrogen-bond donors (Lipinski definition) is 2. The molecule has 0 atom stereocenters. The Hall–Kier alpha value is -2.62. The van der Waals surface area contributed by atoms with E-state index in [0.717, 1.165) is 34.2 Å². The third-order valence-corrected chi connectivity index (χ3v) is 3.24. The molecule has 0 saturated heterocycles. The summed E-state index contributed by atoms with van der Waals surface area (Å²) in [4.78, 5) is 12.3. The van der Waals surface area contributed by atoms with Crippen molar-refractivity contribution in [2.75, 3.05) is 12.4 Å². The highest BCUT2D eigenvalue weighted by molar-refractivity contribution is 5.66. The van der Waals surface area contributed by atoms with Crippen LogP contribution in [0.5, 0.6) is 0 Å². The molecule has 0 aliphatic heterocycles. The second-order valence-corrected chi connectivity index (χ2v) is 4.60. The van der Waals surface area contributed by atoms with Gasteiger partial charge in [0.25, 0.3) is 0 Å². The van der Waals surface area contributed by atoms with Crippen LogP contribution in [0.2, 0.25) is 0 Å². The van der Waals surface area contributed by atoms with Crippen LogP contribution in [0.15, 0.2) is 48.7 Å². The van der Waals surface area contributed by atoms with E-state index in [1.165, 1.54) is 0 Å². The van der Waals surface area contributed by atoms with Crippen LogP contribution in [-0.4, -0.2) is 22.0 Å². The van der Waals surface area contributed by atoms with Gasteiger partial charge in [-0.25, -0.2) is 4.98 Å². The van der Waals surface area contributed by atoms with Crippen molar-refractivity contribution in [2.45, 2.75) is 6.92 Å². The van der Waals surface area contributed by atoms with E-state index in [9.17, 15) is 0 Å². The molecular weight excluding hydrogens is 248 g/mol. The Balaban J connectivity index is 2.00. The Kier molecular flexibility index (Phi) is 3.21. The molecule has 3 aromatic rings. The number of aromatic amines is 1. The summed E-state index contributed by atoms with van der Waals surface area (Å²) < 4.78 is 0. The lowest BCUT2D eigenvalue weighted by Gasteiger charge is -2.00. The predicted molar refractivity (Wildman–Crippen MR) is 81.5 cm³/mol. The van der Waals surface area contributed by atoms with E-state index in [2.05, 4.69) is 20.3 Å². The predicted octanol–water partition coefficient (Wildman–Crippen LogP) is 3.49. The summed E-state index contributed by atoms with van der Waals surface area (Å²) in [6.45, 7) is 2.02. The van der Waals surface area contributed by atoms with Crippen molar-refractivity contribution in [2.24, 2.45) is 0 Å². The largest absolute Gasteiger partial charge is 0.388 e. The fraction of sp³-hybridized carbons (Fsp3) is 0.125. The van der Waals surface area contributed by atoms with E-state index >= 15 is 0 Å². The molecule has 0 amide bonds. The van der Waals surface area contributed by atoms with E-state index in [1.807, 2.05) is 56.4 Å². The normalized spacial score (nSPS) is 10.5. The second kappa shape index (κ2) is 5.17. The van der Waals surface area contributed by atoms with Crippen LogP contribution in [0.1, 0.15) is 5.69 Å². The van der Waals surface area contributed by atoms with Gasteiger partial charge in [0, 0.05) is 30.2 Å². The van der Waals surface area contributed by atoms with Gasteiger partial charge in [0.1, 0.15) is 11.5 Å². The summed E-state index contributed by atoms with van der Waals surface area (Å²) in [6, 6.07) is 14.0. The minimum Gasteiger partial charge on any atom is -0.388 e. The van der Waals surface area contributed by atoms with Gasteiger partial charge in [-0.15, -0.1) is 0 Å². The third-order valence-electron chi connectivity index (χ3n) is 3.24. The molecule has 4 nitrogen and oxygen atoms in total. The standard InChI is InChI=1S/C16H16N4/c1-11-15(14-5-3-4-10-18-14)20-16(19-11)12-6-8-13(17-2)9-7-12/h3-10,17H,1-2H3,(H,19,20). The molecule has 0 unspecified atom stereocenters. The Morgan fingerprint density at radius 3 is 2.50 bits per heavy atom. The molecule has 0 aliphatic rings. The SMILES string of the molecule is CNc1ccc(-c2nc(-c3ccccn3)c(C)[nH]2)cc1. The van der Waals surface area contributed by atoms with Crippen molar-refractivity contribution < 1.29 is 0 Å². The highest BCUT2D eigenvalue weighted by atomic mass is 14.9. The number of benzene rings is 1. The first-order valence-electron chi connectivity index (χ1n) is 6.54. The Morgan fingerprint density at radius 1 is 1.05 bits per heavy atom. The van der Waals surface area contributed by atoms with Crippen molar-refractivity contribution in [1.29, 1.82) is 0 Å². The first kappa shape index (κ1) is 12.4. The number of hydrogen-bond acceptors (Lipinski definition) is 3. The van der Waals surface area contributed by atoms with E-state index in [-0.39, 0.29) is 0 Å². The molecule has 100 valence electrons. The minimum atomic E-state index is 0.866. The number of anilines is 1. The fourth-order valence-electron chi connectivity index (χ4n) is 2.14. The molecule has 0 fully saturated rings. The number of aromatic nitrogens is 3. The van der Waals surface area contributed by atoms with Gasteiger partial charge in [0.15, 0.2) is 0 Å². The van der Waals surface area contributed by atoms with E-state index < -0.39 is 0 Å². The van der Waals surface area contributed by atoms with Crippen LogP contribution < -0.4 is 5.32 Å². The third kappa shape index (κ3) is 2.28. The molecule has 0 bridgehead atoms. The van der Waals surface area contributed by atoms with Crippen LogP contribution in [0, 0.1) is 6.92 Å². The van der Waals surface area contributed by atoms with Gasteiger partial charge in [0.2, 0.25) is 0 Å². The number of pyridine rings is 1. The lowest BCUT2D eigenvalue weighted by atomic mass is 10.2. The van der Waals surface area contributed by atoms with Crippen molar-refractivity contribution in [3.05, 3.63) is 54.4 Å². The number of nitrogens with zero attached hydrogens (tertiary/aromatic N) is 2. The minimum absolute atomic E-state index is 0.866. The van der Waals surface area contributed by atoms with Gasteiger partial charge < -0.3 is 10.3 Å². The van der Waals surface area contributed by atoms with Crippen molar-refractivity contribution in [3.63, 3.8) is 0 Å². The maximum absolute atomic E-state index is 4.67. The number of nitrogens with one attached hydrogen (secondary N) is 2. The lowest BCUT2D eigenvalue weighted by Crippen LogP contribution is -1.87. The smallest absolute Gasteiger partial charge is 0.138 e. The zero-order valence-electron chi connectivity index (χ0n) is 11.5. The zero-order chi connectivity index (χ0) is 13.9. The molecule has 4 heteroatoms. The summed E-state index contributed by atoms with van der Waals surface area (Å²) in [5.41, 5.74) is 4.96. The number of imidazole rings is 1. The van der Waals surface area contributed by atoms with Gasteiger partial charge in [-0.3, -0.25) is 4.98 Å². The molecule has 3 rings (SSSR count). The summed E-state index contributed by atoms with van der Waals surface area (Å²) >= 11 is 0. The highest BCUT2D eigenvalue weighted by Crippen LogP contribution is 2.24.